The van der Waals surface area contributed by atoms with Crippen LogP contribution in [0.5, 0.6) is 0 Å². The van der Waals surface area contributed by atoms with E-state index >= 15 is 0 Å². The van der Waals surface area contributed by atoms with Gasteiger partial charge in [0.05, 0.1) is 22.8 Å². The third kappa shape index (κ3) is 2.11. The Hall–Kier alpha value is -0.810. The number of hydrogen-bond donors (Lipinski definition) is 1. The van der Waals surface area contributed by atoms with Crippen LogP contribution in [0.1, 0.15) is 23.8 Å². The summed E-state index contributed by atoms with van der Waals surface area (Å²) >= 11 is 14.0. The lowest BCUT2D eigenvalue weighted by molar-refractivity contribution is -0.146. The first-order valence-corrected chi connectivity index (χ1v) is 7.75. The Morgan fingerprint density at radius 1 is 1.45 bits per heavy atom. The highest BCUT2D eigenvalue weighted by atomic mass is 35.5. The number of halogens is 2. The van der Waals surface area contributed by atoms with Crippen LogP contribution in [-0.4, -0.2) is 17.7 Å². The molecule has 1 aliphatic rings. The Kier molecular flexibility index (Phi) is 3.45. The molecule has 0 saturated carbocycles. The summed E-state index contributed by atoms with van der Waals surface area (Å²) in [7, 11) is 0. The van der Waals surface area contributed by atoms with Crippen LogP contribution < -0.4 is 0 Å². The monoisotopic (exact) mass is 330 g/mol. The van der Waals surface area contributed by atoms with Crippen LogP contribution in [-0.2, 0) is 21.6 Å². The highest BCUT2D eigenvalue weighted by Crippen LogP contribution is 2.48. The molecule has 1 aromatic heterocycles. The van der Waals surface area contributed by atoms with E-state index in [0.29, 0.717) is 16.7 Å². The molecular formula is C14H12Cl2O3S. The van der Waals surface area contributed by atoms with Crippen molar-refractivity contribution in [3.05, 3.63) is 32.6 Å². The van der Waals surface area contributed by atoms with Crippen LogP contribution in [0, 0.1) is 0 Å². The maximum atomic E-state index is 11.1. The Morgan fingerprint density at radius 2 is 2.15 bits per heavy atom. The molecule has 0 saturated heterocycles. The second-order valence-electron chi connectivity index (χ2n) is 5.04. The summed E-state index contributed by atoms with van der Waals surface area (Å²) in [6.07, 6.45) is 0.659. The fourth-order valence-corrected chi connectivity index (χ4v) is 4.70. The first-order valence-electron chi connectivity index (χ1n) is 6.18. The molecule has 1 aromatic carbocycles. The zero-order chi connectivity index (χ0) is 14.5. The third-order valence-electron chi connectivity index (χ3n) is 3.58. The van der Waals surface area contributed by atoms with E-state index in [1.807, 2.05) is 6.92 Å². The van der Waals surface area contributed by atoms with Crippen molar-refractivity contribution in [2.75, 3.05) is 6.61 Å². The smallest absolute Gasteiger partial charge is 0.306 e. The van der Waals surface area contributed by atoms with Gasteiger partial charge in [0.15, 0.2) is 0 Å². The molecule has 0 radical (unpaired) electrons. The molecule has 2 heterocycles. The van der Waals surface area contributed by atoms with Gasteiger partial charge in [0.2, 0.25) is 0 Å². The van der Waals surface area contributed by atoms with E-state index in [1.165, 1.54) is 11.3 Å². The predicted molar refractivity (Wildman–Crippen MR) is 81.1 cm³/mol. The summed E-state index contributed by atoms with van der Waals surface area (Å²) in [4.78, 5) is 12.0. The van der Waals surface area contributed by atoms with E-state index < -0.39 is 11.6 Å². The average molecular weight is 331 g/mol. The summed E-state index contributed by atoms with van der Waals surface area (Å²) in [6.45, 7) is 2.31. The summed E-state index contributed by atoms with van der Waals surface area (Å²) in [5.41, 5.74) is 0.267. The van der Waals surface area contributed by atoms with Gasteiger partial charge >= 0.3 is 5.97 Å². The van der Waals surface area contributed by atoms with Crippen LogP contribution >= 0.6 is 34.5 Å². The number of hydrogen-bond acceptors (Lipinski definition) is 3. The molecule has 1 N–H and O–H groups in total. The minimum atomic E-state index is -0.880. The maximum Gasteiger partial charge on any atom is 0.306 e. The number of ether oxygens (including phenoxy) is 1. The normalized spacial score (nSPS) is 21.9. The van der Waals surface area contributed by atoms with Crippen LogP contribution in [0.25, 0.3) is 10.1 Å². The number of benzene rings is 1. The van der Waals surface area contributed by atoms with E-state index in [0.717, 1.165) is 26.9 Å². The standard InChI is InChI=1S/C14H12Cl2O3S/c1-14(6-10(17)18)13-7(4-5-19-14)11-8(15)2-3-9(16)12(11)20-13/h2-3H,4-6H2,1H3,(H,17,18). The average Bonchev–Trinajstić information content (AvgIpc) is 2.75. The molecule has 0 amide bonds. The van der Waals surface area contributed by atoms with Crippen molar-refractivity contribution >= 4 is 50.6 Å². The number of rotatable bonds is 2. The van der Waals surface area contributed by atoms with Gasteiger partial charge < -0.3 is 9.84 Å². The molecule has 0 aliphatic carbocycles. The zero-order valence-electron chi connectivity index (χ0n) is 10.7. The molecule has 1 aliphatic heterocycles. The molecule has 3 rings (SSSR count). The molecule has 0 bridgehead atoms. The van der Waals surface area contributed by atoms with E-state index in [9.17, 15) is 4.79 Å². The molecule has 0 fully saturated rings. The second-order valence-corrected chi connectivity index (χ2v) is 6.88. The zero-order valence-corrected chi connectivity index (χ0v) is 13.0. The Labute approximate surface area is 130 Å². The first kappa shape index (κ1) is 14.1. The highest BCUT2D eigenvalue weighted by Gasteiger charge is 2.38. The lowest BCUT2D eigenvalue weighted by Gasteiger charge is -2.32. The molecule has 106 valence electrons. The van der Waals surface area contributed by atoms with Crippen molar-refractivity contribution in [2.45, 2.75) is 25.4 Å². The van der Waals surface area contributed by atoms with Crippen molar-refractivity contribution in [2.24, 2.45) is 0 Å². The van der Waals surface area contributed by atoms with Crippen molar-refractivity contribution in [3.63, 3.8) is 0 Å². The van der Waals surface area contributed by atoms with Crippen LogP contribution in [0.3, 0.4) is 0 Å². The molecule has 1 atom stereocenters. The Morgan fingerprint density at radius 3 is 2.85 bits per heavy atom. The molecule has 2 aromatic rings. The molecule has 6 heteroatoms. The predicted octanol–water partition coefficient (Wildman–Crippen LogP) is 4.47. The number of fused-ring (bicyclic) bond motifs is 3. The number of carboxylic acids is 1. The van der Waals surface area contributed by atoms with Crippen LogP contribution in [0.15, 0.2) is 12.1 Å². The molecule has 0 spiro atoms. The number of aliphatic carboxylic acids is 1. The van der Waals surface area contributed by atoms with Gasteiger partial charge in [0.1, 0.15) is 5.60 Å². The minimum absolute atomic E-state index is 0.0674. The van der Waals surface area contributed by atoms with E-state index in [1.54, 1.807) is 12.1 Å². The van der Waals surface area contributed by atoms with E-state index in [4.69, 9.17) is 33.0 Å². The fraction of sp³-hybridized carbons (Fsp3) is 0.357. The second kappa shape index (κ2) is 4.88. The SMILES string of the molecule is CC1(CC(=O)O)OCCc2c1sc1c(Cl)ccc(Cl)c21. The van der Waals surface area contributed by atoms with Crippen molar-refractivity contribution in [1.29, 1.82) is 0 Å². The molecule has 20 heavy (non-hydrogen) atoms. The van der Waals surface area contributed by atoms with Crippen molar-refractivity contribution in [1.82, 2.24) is 0 Å². The van der Waals surface area contributed by atoms with Crippen LogP contribution in [0.2, 0.25) is 10.0 Å². The fourth-order valence-electron chi connectivity index (χ4n) is 2.72. The topological polar surface area (TPSA) is 46.5 Å². The van der Waals surface area contributed by atoms with Gasteiger partial charge in [0.25, 0.3) is 0 Å². The van der Waals surface area contributed by atoms with Gasteiger partial charge in [-0.1, -0.05) is 23.2 Å². The molecule has 1 unspecified atom stereocenters. The molecule has 3 nitrogen and oxygen atoms in total. The highest BCUT2D eigenvalue weighted by molar-refractivity contribution is 7.20. The third-order valence-corrected chi connectivity index (χ3v) is 5.83. The Balaban J connectivity index is 2.28. The summed E-state index contributed by atoms with van der Waals surface area (Å²) in [6, 6.07) is 3.55. The minimum Gasteiger partial charge on any atom is -0.481 e. The van der Waals surface area contributed by atoms with E-state index in [2.05, 4.69) is 0 Å². The van der Waals surface area contributed by atoms with Crippen molar-refractivity contribution < 1.29 is 14.6 Å². The Bertz CT molecular complexity index is 710. The van der Waals surface area contributed by atoms with Crippen LogP contribution in [0.4, 0.5) is 0 Å². The van der Waals surface area contributed by atoms with E-state index in [-0.39, 0.29) is 6.42 Å². The van der Waals surface area contributed by atoms with Gasteiger partial charge in [-0.3, -0.25) is 4.79 Å². The molecular weight excluding hydrogens is 319 g/mol. The summed E-state index contributed by atoms with van der Waals surface area (Å²) in [5, 5.41) is 11.4. The van der Waals surface area contributed by atoms with Gasteiger partial charge in [0, 0.05) is 15.3 Å². The number of carbonyl (C=O) groups is 1. The summed E-state index contributed by atoms with van der Waals surface area (Å²) in [5.74, 6) is -0.880. The quantitative estimate of drug-likeness (QED) is 0.883. The van der Waals surface area contributed by atoms with Crippen molar-refractivity contribution in [3.8, 4) is 0 Å². The number of thiophene rings is 1. The van der Waals surface area contributed by atoms with Gasteiger partial charge in [-0.2, -0.15) is 0 Å². The lowest BCUT2D eigenvalue weighted by atomic mass is 9.91. The maximum absolute atomic E-state index is 11.1. The summed E-state index contributed by atoms with van der Waals surface area (Å²) < 4.78 is 6.66. The van der Waals surface area contributed by atoms with Gasteiger partial charge in [-0.25, -0.2) is 0 Å². The largest absolute Gasteiger partial charge is 0.481 e. The lowest BCUT2D eigenvalue weighted by Crippen LogP contribution is -2.33. The number of carboxylic acid groups (broad SMARTS) is 1. The van der Waals surface area contributed by atoms with Gasteiger partial charge in [-0.15, -0.1) is 11.3 Å². The van der Waals surface area contributed by atoms with Gasteiger partial charge in [-0.05, 0) is 31.0 Å². The first-order chi connectivity index (χ1) is 9.42.